The van der Waals surface area contributed by atoms with Crippen molar-refractivity contribution in [3.8, 4) is 10.8 Å². The SMILES string of the molecule is O=C(NCc1coc(-c2cccs2)n1)c1ccc(SC(F)F)cc1. The Balaban J connectivity index is 1.57. The zero-order valence-corrected chi connectivity index (χ0v) is 13.9. The van der Waals surface area contributed by atoms with Crippen molar-refractivity contribution in [2.75, 3.05) is 0 Å². The molecule has 0 aliphatic carbocycles. The average molecular weight is 366 g/mol. The van der Waals surface area contributed by atoms with Gasteiger partial charge in [0.15, 0.2) is 0 Å². The van der Waals surface area contributed by atoms with Gasteiger partial charge in [-0.05, 0) is 35.7 Å². The first-order valence-corrected chi connectivity index (χ1v) is 8.69. The highest BCUT2D eigenvalue weighted by Gasteiger charge is 2.11. The Morgan fingerprint density at radius 2 is 2.08 bits per heavy atom. The fourth-order valence-corrected chi connectivity index (χ4v) is 3.12. The van der Waals surface area contributed by atoms with Crippen molar-refractivity contribution in [2.45, 2.75) is 17.2 Å². The summed E-state index contributed by atoms with van der Waals surface area (Å²) in [5.74, 6) is -2.26. The van der Waals surface area contributed by atoms with Crippen molar-refractivity contribution in [1.29, 1.82) is 0 Å². The number of rotatable bonds is 6. The molecule has 0 saturated heterocycles. The molecule has 0 unspecified atom stereocenters. The maximum Gasteiger partial charge on any atom is 0.288 e. The smallest absolute Gasteiger partial charge is 0.288 e. The molecule has 0 spiro atoms. The Morgan fingerprint density at radius 1 is 1.29 bits per heavy atom. The van der Waals surface area contributed by atoms with Crippen LogP contribution in [0.5, 0.6) is 0 Å². The second-order valence-electron chi connectivity index (χ2n) is 4.71. The number of amides is 1. The minimum Gasteiger partial charge on any atom is -0.443 e. The zero-order valence-electron chi connectivity index (χ0n) is 12.2. The van der Waals surface area contributed by atoms with E-state index in [1.54, 1.807) is 0 Å². The van der Waals surface area contributed by atoms with Gasteiger partial charge in [0.05, 0.1) is 17.1 Å². The molecule has 0 saturated carbocycles. The molecule has 2 aromatic heterocycles. The van der Waals surface area contributed by atoms with E-state index in [1.807, 2.05) is 17.5 Å². The molecular formula is C16H12F2N2O2S2. The van der Waals surface area contributed by atoms with Gasteiger partial charge >= 0.3 is 0 Å². The van der Waals surface area contributed by atoms with Gasteiger partial charge in [0.1, 0.15) is 6.26 Å². The molecule has 0 bridgehead atoms. The van der Waals surface area contributed by atoms with Crippen LogP contribution >= 0.6 is 23.1 Å². The lowest BCUT2D eigenvalue weighted by Gasteiger charge is -2.04. The van der Waals surface area contributed by atoms with Crippen LogP contribution in [0.4, 0.5) is 8.78 Å². The summed E-state index contributed by atoms with van der Waals surface area (Å²) in [5, 5.41) is 4.65. The largest absolute Gasteiger partial charge is 0.443 e. The van der Waals surface area contributed by atoms with E-state index in [9.17, 15) is 13.6 Å². The van der Waals surface area contributed by atoms with Gasteiger partial charge in [0.25, 0.3) is 11.7 Å². The number of oxazole rings is 1. The molecular weight excluding hydrogens is 354 g/mol. The predicted octanol–water partition coefficient (Wildman–Crippen LogP) is 4.65. The van der Waals surface area contributed by atoms with Crippen molar-refractivity contribution < 1.29 is 18.0 Å². The summed E-state index contributed by atoms with van der Waals surface area (Å²) in [5.41, 5.74) is 1.01. The monoisotopic (exact) mass is 366 g/mol. The van der Waals surface area contributed by atoms with Gasteiger partial charge in [-0.25, -0.2) is 4.98 Å². The van der Waals surface area contributed by atoms with Gasteiger partial charge in [0, 0.05) is 10.5 Å². The van der Waals surface area contributed by atoms with Gasteiger partial charge in [-0.3, -0.25) is 4.79 Å². The molecule has 1 aromatic carbocycles. The lowest BCUT2D eigenvalue weighted by atomic mass is 10.2. The number of hydrogen-bond acceptors (Lipinski definition) is 5. The standard InChI is InChI=1S/C16H12F2N2O2S2/c17-16(18)24-12-5-3-10(4-6-12)14(21)19-8-11-9-22-15(20-11)13-2-1-7-23-13/h1-7,9,16H,8H2,(H,19,21). The van der Waals surface area contributed by atoms with E-state index >= 15 is 0 Å². The Kier molecular flexibility index (Phi) is 5.27. The fraction of sp³-hybridized carbons (Fsp3) is 0.125. The van der Waals surface area contributed by atoms with Crippen LogP contribution in [-0.4, -0.2) is 16.6 Å². The Labute approximate surface area is 144 Å². The molecule has 8 heteroatoms. The van der Waals surface area contributed by atoms with Crippen molar-refractivity contribution >= 4 is 29.0 Å². The molecule has 4 nitrogen and oxygen atoms in total. The summed E-state index contributed by atoms with van der Waals surface area (Å²) in [6.45, 7) is 0.223. The first kappa shape index (κ1) is 16.7. The fourth-order valence-electron chi connectivity index (χ4n) is 1.96. The summed E-state index contributed by atoms with van der Waals surface area (Å²) in [6, 6.07) is 9.83. The molecule has 124 valence electrons. The summed E-state index contributed by atoms with van der Waals surface area (Å²) < 4.78 is 29.9. The van der Waals surface area contributed by atoms with Crippen LogP contribution in [0.1, 0.15) is 16.1 Å². The highest BCUT2D eigenvalue weighted by Crippen LogP contribution is 2.25. The van der Waals surface area contributed by atoms with Gasteiger partial charge in [-0.1, -0.05) is 17.8 Å². The summed E-state index contributed by atoms with van der Waals surface area (Å²) in [4.78, 5) is 17.7. The molecule has 3 rings (SSSR count). The number of nitrogens with zero attached hydrogens (tertiary/aromatic N) is 1. The molecule has 24 heavy (non-hydrogen) atoms. The second kappa shape index (κ2) is 7.59. The van der Waals surface area contributed by atoms with Crippen LogP contribution < -0.4 is 5.32 Å². The van der Waals surface area contributed by atoms with Crippen LogP contribution in [0, 0.1) is 0 Å². The van der Waals surface area contributed by atoms with E-state index in [1.165, 1.54) is 41.9 Å². The van der Waals surface area contributed by atoms with Crippen molar-refractivity contribution in [1.82, 2.24) is 10.3 Å². The van der Waals surface area contributed by atoms with Crippen molar-refractivity contribution in [3.63, 3.8) is 0 Å². The lowest BCUT2D eigenvalue weighted by molar-refractivity contribution is 0.0950. The third-order valence-electron chi connectivity index (χ3n) is 3.06. The predicted molar refractivity (Wildman–Crippen MR) is 89.3 cm³/mol. The number of carbonyl (C=O) groups is 1. The van der Waals surface area contributed by atoms with Crippen LogP contribution in [-0.2, 0) is 6.54 Å². The first-order valence-electron chi connectivity index (χ1n) is 6.93. The van der Waals surface area contributed by atoms with E-state index < -0.39 is 5.76 Å². The number of nitrogens with one attached hydrogen (secondary N) is 1. The Bertz CT molecular complexity index is 802. The second-order valence-corrected chi connectivity index (χ2v) is 6.72. The van der Waals surface area contributed by atoms with Gasteiger partial charge in [-0.15, -0.1) is 11.3 Å². The first-order chi connectivity index (χ1) is 11.6. The van der Waals surface area contributed by atoms with E-state index in [4.69, 9.17) is 4.42 Å². The zero-order chi connectivity index (χ0) is 16.9. The van der Waals surface area contributed by atoms with Gasteiger partial charge in [0.2, 0.25) is 5.89 Å². The molecule has 3 aromatic rings. The molecule has 1 amide bonds. The number of carbonyl (C=O) groups excluding carboxylic acids is 1. The van der Waals surface area contributed by atoms with E-state index in [0.29, 0.717) is 33.8 Å². The van der Waals surface area contributed by atoms with E-state index in [-0.39, 0.29) is 12.5 Å². The quantitative estimate of drug-likeness (QED) is 0.645. The van der Waals surface area contributed by atoms with Crippen molar-refractivity contribution in [2.24, 2.45) is 0 Å². The molecule has 2 heterocycles. The highest BCUT2D eigenvalue weighted by atomic mass is 32.2. The third kappa shape index (κ3) is 4.21. The molecule has 0 aliphatic heterocycles. The molecule has 0 radical (unpaired) electrons. The third-order valence-corrected chi connectivity index (χ3v) is 4.64. The summed E-state index contributed by atoms with van der Waals surface area (Å²) >= 11 is 1.96. The lowest BCUT2D eigenvalue weighted by Crippen LogP contribution is -2.22. The highest BCUT2D eigenvalue weighted by molar-refractivity contribution is 7.99. The topological polar surface area (TPSA) is 55.1 Å². The molecule has 0 atom stereocenters. The molecule has 1 N–H and O–H groups in total. The summed E-state index contributed by atoms with van der Waals surface area (Å²) in [6.07, 6.45) is 1.50. The average Bonchev–Trinajstić information content (AvgIpc) is 3.24. The molecule has 0 fully saturated rings. The minimum atomic E-state index is -2.48. The number of thioether (sulfide) groups is 1. The maximum atomic E-state index is 12.3. The normalized spacial score (nSPS) is 11.0. The molecule has 0 aliphatic rings. The van der Waals surface area contributed by atoms with Crippen LogP contribution in [0.2, 0.25) is 0 Å². The Hall–Kier alpha value is -2.19. The summed E-state index contributed by atoms with van der Waals surface area (Å²) in [7, 11) is 0. The van der Waals surface area contributed by atoms with Crippen LogP contribution in [0.15, 0.2) is 57.4 Å². The minimum absolute atomic E-state index is 0.223. The number of alkyl halides is 2. The Morgan fingerprint density at radius 3 is 2.75 bits per heavy atom. The van der Waals surface area contributed by atoms with Crippen molar-refractivity contribution in [3.05, 3.63) is 59.3 Å². The maximum absolute atomic E-state index is 12.3. The van der Waals surface area contributed by atoms with Gasteiger partial charge in [-0.2, -0.15) is 8.78 Å². The van der Waals surface area contributed by atoms with Gasteiger partial charge < -0.3 is 9.73 Å². The number of halogens is 2. The number of aromatic nitrogens is 1. The van der Waals surface area contributed by atoms with Crippen LogP contribution in [0.25, 0.3) is 10.8 Å². The number of thiophene rings is 1. The van der Waals surface area contributed by atoms with E-state index in [2.05, 4.69) is 10.3 Å². The number of hydrogen-bond donors (Lipinski definition) is 1. The van der Waals surface area contributed by atoms with E-state index in [0.717, 1.165) is 4.88 Å². The number of benzene rings is 1. The van der Waals surface area contributed by atoms with Crippen LogP contribution in [0.3, 0.4) is 0 Å².